The van der Waals surface area contributed by atoms with Gasteiger partial charge >= 0.3 is 0 Å². The topological polar surface area (TPSA) is 20.2 Å². The van der Waals surface area contributed by atoms with Crippen molar-refractivity contribution < 1.29 is 9.50 Å². The van der Waals surface area contributed by atoms with Gasteiger partial charge in [-0.25, -0.2) is 4.39 Å². The van der Waals surface area contributed by atoms with Crippen molar-refractivity contribution in [2.24, 2.45) is 0 Å². The SMILES string of the molecule is OC(Cc1ccc(Cl)s1)c1cc2cc(F)ccc2s1. The summed E-state index contributed by atoms with van der Waals surface area (Å²) >= 11 is 8.83. The van der Waals surface area contributed by atoms with Crippen LogP contribution >= 0.6 is 34.3 Å². The van der Waals surface area contributed by atoms with Gasteiger partial charge in [0.25, 0.3) is 0 Å². The summed E-state index contributed by atoms with van der Waals surface area (Å²) < 4.78 is 14.8. The molecule has 19 heavy (non-hydrogen) atoms. The quantitative estimate of drug-likeness (QED) is 0.719. The molecular formula is C14H10ClFOS2. The van der Waals surface area contributed by atoms with Crippen molar-refractivity contribution in [3.05, 3.63) is 56.3 Å². The van der Waals surface area contributed by atoms with Crippen LogP contribution in [-0.2, 0) is 6.42 Å². The fraction of sp³-hybridized carbons (Fsp3) is 0.143. The number of rotatable bonds is 3. The molecule has 2 aromatic heterocycles. The van der Waals surface area contributed by atoms with E-state index in [-0.39, 0.29) is 5.82 Å². The molecule has 0 saturated carbocycles. The predicted octanol–water partition coefficient (Wildman–Crippen LogP) is 5.03. The summed E-state index contributed by atoms with van der Waals surface area (Å²) in [5.41, 5.74) is 0. The zero-order chi connectivity index (χ0) is 13.4. The summed E-state index contributed by atoms with van der Waals surface area (Å²) in [4.78, 5) is 1.89. The van der Waals surface area contributed by atoms with E-state index in [1.807, 2.05) is 18.2 Å². The molecule has 1 N–H and O–H groups in total. The van der Waals surface area contributed by atoms with Crippen LogP contribution in [0, 0.1) is 5.82 Å². The third-order valence-electron chi connectivity index (χ3n) is 2.85. The van der Waals surface area contributed by atoms with Crippen molar-refractivity contribution in [3.8, 4) is 0 Å². The standard InChI is InChI=1S/C14H10ClFOS2/c15-14-4-2-10(18-14)7-11(17)13-6-8-5-9(16)1-3-12(8)19-13/h1-6,11,17H,7H2. The summed E-state index contributed by atoms with van der Waals surface area (Å²) in [6.07, 6.45) is -0.0395. The molecule has 0 amide bonds. The van der Waals surface area contributed by atoms with Crippen molar-refractivity contribution >= 4 is 44.4 Å². The van der Waals surface area contributed by atoms with E-state index in [1.54, 1.807) is 6.07 Å². The molecule has 3 aromatic rings. The molecule has 0 aliphatic heterocycles. The Morgan fingerprint density at radius 1 is 1.16 bits per heavy atom. The van der Waals surface area contributed by atoms with Crippen LogP contribution in [-0.4, -0.2) is 5.11 Å². The van der Waals surface area contributed by atoms with Crippen LogP contribution in [0.5, 0.6) is 0 Å². The maximum absolute atomic E-state index is 13.1. The Kier molecular flexibility index (Phi) is 3.58. The van der Waals surface area contributed by atoms with E-state index in [2.05, 4.69) is 0 Å². The molecule has 0 aliphatic rings. The van der Waals surface area contributed by atoms with Crippen molar-refractivity contribution in [2.75, 3.05) is 0 Å². The molecule has 3 rings (SSSR count). The largest absolute Gasteiger partial charge is 0.387 e. The van der Waals surface area contributed by atoms with Gasteiger partial charge in [-0.3, -0.25) is 0 Å². The van der Waals surface area contributed by atoms with Crippen molar-refractivity contribution in [2.45, 2.75) is 12.5 Å². The third-order valence-corrected chi connectivity index (χ3v) is 5.32. The number of hydrogen-bond donors (Lipinski definition) is 1. The first-order valence-corrected chi connectivity index (χ1v) is 7.74. The zero-order valence-corrected chi connectivity index (χ0v) is 12.2. The highest BCUT2D eigenvalue weighted by molar-refractivity contribution is 7.19. The minimum absolute atomic E-state index is 0.253. The van der Waals surface area contributed by atoms with Crippen molar-refractivity contribution in [1.29, 1.82) is 0 Å². The fourth-order valence-electron chi connectivity index (χ4n) is 1.95. The van der Waals surface area contributed by atoms with E-state index >= 15 is 0 Å². The highest BCUT2D eigenvalue weighted by Gasteiger charge is 2.13. The van der Waals surface area contributed by atoms with Gasteiger partial charge < -0.3 is 5.11 Å². The van der Waals surface area contributed by atoms with Crippen LogP contribution in [0.15, 0.2) is 36.4 Å². The Labute approximate surface area is 122 Å². The highest BCUT2D eigenvalue weighted by Crippen LogP contribution is 2.33. The zero-order valence-electron chi connectivity index (χ0n) is 9.77. The highest BCUT2D eigenvalue weighted by atomic mass is 35.5. The number of fused-ring (bicyclic) bond motifs is 1. The predicted molar refractivity (Wildman–Crippen MR) is 79.8 cm³/mol. The summed E-state index contributed by atoms with van der Waals surface area (Å²) in [7, 11) is 0. The first-order chi connectivity index (χ1) is 9.11. The molecule has 1 atom stereocenters. The molecule has 1 aromatic carbocycles. The minimum Gasteiger partial charge on any atom is -0.387 e. The van der Waals surface area contributed by atoms with Crippen LogP contribution in [0.4, 0.5) is 4.39 Å². The first-order valence-electron chi connectivity index (χ1n) is 5.73. The normalized spacial score (nSPS) is 13.0. The molecule has 0 bridgehead atoms. The summed E-state index contributed by atoms with van der Waals surface area (Å²) in [6.45, 7) is 0. The second-order valence-electron chi connectivity index (χ2n) is 4.26. The number of thiophene rings is 2. The lowest BCUT2D eigenvalue weighted by Crippen LogP contribution is -1.97. The molecule has 98 valence electrons. The number of aliphatic hydroxyl groups excluding tert-OH is 1. The smallest absolute Gasteiger partial charge is 0.123 e. The molecule has 0 spiro atoms. The maximum Gasteiger partial charge on any atom is 0.123 e. The van der Waals surface area contributed by atoms with Gasteiger partial charge in [-0.1, -0.05) is 11.6 Å². The van der Waals surface area contributed by atoms with Crippen molar-refractivity contribution in [1.82, 2.24) is 0 Å². The van der Waals surface area contributed by atoms with E-state index < -0.39 is 6.10 Å². The van der Waals surface area contributed by atoms with Crippen molar-refractivity contribution in [3.63, 3.8) is 0 Å². The molecule has 1 nitrogen and oxygen atoms in total. The molecule has 0 radical (unpaired) electrons. The lowest BCUT2D eigenvalue weighted by Gasteiger charge is -2.05. The van der Waals surface area contributed by atoms with Gasteiger partial charge in [0, 0.05) is 20.9 Å². The number of hydrogen-bond acceptors (Lipinski definition) is 3. The van der Waals surface area contributed by atoms with E-state index in [9.17, 15) is 9.50 Å². The van der Waals surface area contributed by atoms with Gasteiger partial charge in [-0.05, 0) is 41.8 Å². The molecule has 0 aliphatic carbocycles. The fourth-order valence-corrected chi connectivity index (χ4v) is 4.11. The Morgan fingerprint density at radius 2 is 2.00 bits per heavy atom. The first kappa shape index (κ1) is 13.1. The number of halogens is 2. The number of aliphatic hydroxyl groups is 1. The Hall–Kier alpha value is -0.940. The Morgan fingerprint density at radius 3 is 2.74 bits per heavy atom. The third kappa shape index (κ3) is 2.82. The Balaban J connectivity index is 1.86. The van der Waals surface area contributed by atoms with E-state index in [4.69, 9.17) is 11.6 Å². The molecule has 0 saturated heterocycles. The van der Waals surface area contributed by atoms with Gasteiger partial charge in [-0.15, -0.1) is 22.7 Å². The molecule has 5 heteroatoms. The molecular weight excluding hydrogens is 303 g/mol. The van der Waals surface area contributed by atoms with Gasteiger partial charge in [0.1, 0.15) is 5.82 Å². The van der Waals surface area contributed by atoms with Crippen LogP contribution in [0.25, 0.3) is 10.1 Å². The average molecular weight is 313 g/mol. The second-order valence-corrected chi connectivity index (χ2v) is 7.17. The van der Waals surface area contributed by atoms with Crippen LogP contribution < -0.4 is 0 Å². The summed E-state index contributed by atoms with van der Waals surface area (Å²) in [6, 6.07) is 10.3. The Bertz CT molecular complexity index is 719. The average Bonchev–Trinajstić information content (AvgIpc) is 2.95. The second kappa shape index (κ2) is 5.21. The number of benzene rings is 1. The maximum atomic E-state index is 13.1. The summed E-state index contributed by atoms with van der Waals surface area (Å²) in [5, 5.41) is 11.1. The van der Waals surface area contributed by atoms with E-state index in [0.29, 0.717) is 6.42 Å². The molecule has 2 heterocycles. The minimum atomic E-state index is -0.574. The van der Waals surface area contributed by atoms with Gasteiger partial charge in [0.05, 0.1) is 10.4 Å². The van der Waals surface area contributed by atoms with Crippen LogP contribution in [0.1, 0.15) is 15.9 Å². The molecule has 0 fully saturated rings. The van der Waals surface area contributed by atoms with Crippen LogP contribution in [0.2, 0.25) is 4.34 Å². The van der Waals surface area contributed by atoms with Gasteiger partial charge in [0.2, 0.25) is 0 Å². The lowest BCUT2D eigenvalue weighted by atomic mass is 10.1. The van der Waals surface area contributed by atoms with Gasteiger partial charge in [-0.2, -0.15) is 0 Å². The monoisotopic (exact) mass is 312 g/mol. The van der Waals surface area contributed by atoms with Crippen LogP contribution in [0.3, 0.4) is 0 Å². The summed E-state index contributed by atoms with van der Waals surface area (Å²) in [5.74, 6) is -0.253. The molecule has 1 unspecified atom stereocenters. The lowest BCUT2D eigenvalue weighted by molar-refractivity contribution is 0.183. The van der Waals surface area contributed by atoms with Gasteiger partial charge in [0.15, 0.2) is 0 Å². The van der Waals surface area contributed by atoms with E-state index in [0.717, 1.165) is 24.2 Å². The van der Waals surface area contributed by atoms with E-state index in [1.165, 1.54) is 34.8 Å².